The molecule has 0 radical (unpaired) electrons. The van der Waals surface area contributed by atoms with Crippen LogP contribution in [-0.4, -0.2) is 65.3 Å². The summed E-state index contributed by atoms with van der Waals surface area (Å²) >= 11 is 0. The molecule has 1 saturated heterocycles. The Morgan fingerprint density at radius 2 is 1.81 bits per heavy atom. The van der Waals surface area contributed by atoms with E-state index in [4.69, 9.17) is 0 Å². The Bertz CT molecular complexity index is 677. The molecular formula is C18H24N4O4. The summed E-state index contributed by atoms with van der Waals surface area (Å²) in [5.41, 5.74) is 0.749. The predicted molar refractivity (Wildman–Crippen MR) is 98.4 cm³/mol. The van der Waals surface area contributed by atoms with Crippen LogP contribution in [0.15, 0.2) is 30.3 Å². The van der Waals surface area contributed by atoms with Gasteiger partial charge >= 0.3 is 0 Å². The first-order chi connectivity index (χ1) is 12.3. The van der Waals surface area contributed by atoms with E-state index in [0.717, 1.165) is 5.56 Å². The van der Waals surface area contributed by atoms with E-state index < -0.39 is 4.92 Å². The monoisotopic (exact) mass is 360 g/mol. The average Bonchev–Trinajstić information content (AvgIpc) is 2.60. The highest BCUT2D eigenvalue weighted by molar-refractivity contribution is 5.91. The van der Waals surface area contributed by atoms with E-state index in [1.165, 1.54) is 18.2 Å². The fraction of sp³-hybridized carbons (Fsp3) is 0.444. The second-order valence-electron chi connectivity index (χ2n) is 6.51. The van der Waals surface area contributed by atoms with E-state index in [1.54, 1.807) is 23.1 Å². The minimum absolute atomic E-state index is 0.00200. The molecule has 1 fully saturated rings. The first kappa shape index (κ1) is 19.6. The van der Waals surface area contributed by atoms with Crippen LogP contribution in [0.5, 0.6) is 0 Å². The number of nitro groups is 1. The van der Waals surface area contributed by atoms with E-state index in [-0.39, 0.29) is 23.5 Å². The lowest BCUT2D eigenvalue weighted by Crippen LogP contribution is -2.51. The molecule has 0 unspecified atom stereocenters. The standard InChI is InChI=1S/C18H24N4O4/c1-14(2)19-17(23)13-20-9-11-21(12-10-20)18(24)8-5-15-3-6-16(7-4-15)22(25)26/h3-8,14H,9-13H2,1-2H3,(H,19,23). The second-order valence-corrected chi connectivity index (χ2v) is 6.51. The molecule has 0 bridgehead atoms. The molecule has 0 atom stereocenters. The number of amides is 2. The number of hydrogen-bond donors (Lipinski definition) is 1. The van der Waals surface area contributed by atoms with Gasteiger partial charge in [-0.3, -0.25) is 24.6 Å². The first-order valence-corrected chi connectivity index (χ1v) is 8.58. The number of hydrogen-bond acceptors (Lipinski definition) is 5. The van der Waals surface area contributed by atoms with Gasteiger partial charge in [0.15, 0.2) is 0 Å². The zero-order valence-electron chi connectivity index (χ0n) is 15.1. The fourth-order valence-electron chi connectivity index (χ4n) is 2.68. The molecule has 8 heteroatoms. The fourth-order valence-corrected chi connectivity index (χ4v) is 2.68. The van der Waals surface area contributed by atoms with Crippen molar-refractivity contribution in [3.63, 3.8) is 0 Å². The van der Waals surface area contributed by atoms with Crippen LogP contribution >= 0.6 is 0 Å². The molecule has 1 aromatic rings. The molecule has 0 saturated carbocycles. The maximum atomic E-state index is 12.3. The number of rotatable bonds is 6. The van der Waals surface area contributed by atoms with Gasteiger partial charge in [-0.1, -0.05) is 0 Å². The molecule has 0 aromatic heterocycles. The number of piperazine rings is 1. The highest BCUT2D eigenvalue weighted by atomic mass is 16.6. The van der Waals surface area contributed by atoms with Gasteiger partial charge in [-0.15, -0.1) is 0 Å². The molecule has 0 aliphatic carbocycles. The molecule has 1 aliphatic rings. The minimum atomic E-state index is -0.459. The molecule has 1 aromatic carbocycles. The van der Waals surface area contributed by atoms with Gasteiger partial charge in [-0.05, 0) is 37.6 Å². The number of nitrogens with zero attached hydrogens (tertiary/aromatic N) is 3. The lowest BCUT2D eigenvalue weighted by Gasteiger charge is -2.33. The Kier molecular flexibility index (Phi) is 6.85. The van der Waals surface area contributed by atoms with Gasteiger partial charge in [0.2, 0.25) is 11.8 Å². The number of nitrogens with one attached hydrogen (secondary N) is 1. The van der Waals surface area contributed by atoms with Crippen LogP contribution in [-0.2, 0) is 9.59 Å². The second kappa shape index (κ2) is 9.10. The highest BCUT2D eigenvalue weighted by Gasteiger charge is 2.21. The molecule has 140 valence electrons. The topological polar surface area (TPSA) is 95.8 Å². The van der Waals surface area contributed by atoms with Gasteiger partial charge in [0.1, 0.15) is 0 Å². The molecule has 0 spiro atoms. The van der Waals surface area contributed by atoms with Gasteiger partial charge in [0, 0.05) is 50.4 Å². The van der Waals surface area contributed by atoms with Crippen molar-refractivity contribution in [1.29, 1.82) is 0 Å². The summed E-state index contributed by atoms with van der Waals surface area (Å²) in [4.78, 5) is 38.0. The number of non-ortho nitro benzene ring substituents is 1. The maximum absolute atomic E-state index is 12.3. The third-order valence-electron chi connectivity index (χ3n) is 4.02. The predicted octanol–water partition coefficient (Wildman–Crippen LogP) is 1.28. The van der Waals surface area contributed by atoms with Crippen molar-refractivity contribution >= 4 is 23.6 Å². The van der Waals surface area contributed by atoms with Crippen LogP contribution in [0.1, 0.15) is 19.4 Å². The van der Waals surface area contributed by atoms with Crippen molar-refractivity contribution in [2.75, 3.05) is 32.7 Å². The van der Waals surface area contributed by atoms with E-state index in [2.05, 4.69) is 5.32 Å². The number of benzene rings is 1. The van der Waals surface area contributed by atoms with Crippen LogP contribution in [0.3, 0.4) is 0 Å². The average molecular weight is 360 g/mol. The highest BCUT2D eigenvalue weighted by Crippen LogP contribution is 2.13. The lowest BCUT2D eigenvalue weighted by atomic mass is 10.2. The summed E-state index contributed by atoms with van der Waals surface area (Å²) in [6.07, 6.45) is 3.12. The molecule has 2 amide bonds. The molecule has 2 rings (SSSR count). The third kappa shape index (κ3) is 5.96. The number of carbonyl (C=O) groups is 2. The smallest absolute Gasteiger partial charge is 0.269 e. The summed E-state index contributed by atoms with van der Waals surface area (Å²) in [5.74, 6) is -0.104. The summed E-state index contributed by atoms with van der Waals surface area (Å²) in [6.45, 7) is 6.64. The van der Waals surface area contributed by atoms with Gasteiger partial charge in [-0.2, -0.15) is 0 Å². The normalized spacial score (nSPS) is 15.4. The summed E-state index contributed by atoms with van der Waals surface area (Å²) in [7, 11) is 0. The van der Waals surface area contributed by atoms with Gasteiger partial charge in [0.05, 0.1) is 11.5 Å². The van der Waals surface area contributed by atoms with Crippen LogP contribution in [0, 0.1) is 10.1 Å². The first-order valence-electron chi connectivity index (χ1n) is 8.58. The summed E-state index contributed by atoms with van der Waals surface area (Å²) < 4.78 is 0. The Morgan fingerprint density at radius 1 is 1.19 bits per heavy atom. The molecule has 1 heterocycles. The van der Waals surface area contributed by atoms with Crippen LogP contribution in [0.25, 0.3) is 6.08 Å². The van der Waals surface area contributed by atoms with Crippen LogP contribution < -0.4 is 5.32 Å². The molecule has 1 aliphatic heterocycles. The lowest BCUT2D eigenvalue weighted by molar-refractivity contribution is -0.384. The van der Waals surface area contributed by atoms with Gasteiger partial charge in [0.25, 0.3) is 5.69 Å². The van der Waals surface area contributed by atoms with Crippen molar-refractivity contribution < 1.29 is 14.5 Å². The van der Waals surface area contributed by atoms with E-state index in [1.807, 2.05) is 18.7 Å². The minimum Gasteiger partial charge on any atom is -0.353 e. The number of carbonyl (C=O) groups excluding carboxylic acids is 2. The Labute approximate surface area is 152 Å². The number of nitro benzene ring substituents is 1. The quantitative estimate of drug-likeness (QED) is 0.468. The van der Waals surface area contributed by atoms with Crippen molar-refractivity contribution in [3.05, 3.63) is 46.0 Å². The Hall–Kier alpha value is -2.74. The zero-order chi connectivity index (χ0) is 19.1. The molecular weight excluding hydrogens is 336 g/mol. The summed E-state index contributed by atoms with van der Waals surface area (Å²) in [5, 5.41) is 13.5. The Morgan fingerprint density at radius 3 is 2.35 bits per heavy atom. The molecule has 1 N–H and O–H groups in total. The SMILES string of the molecule is CC(C)NC(=O)CN1CCN(C(=O)C=Cc2ccc([N+](=O)[O-])cc2)CC1. The van der Waals surface area contributed by atoms with Gasteiger partial charge in [-0.25, -0.2) is 0 Å². The van der Waals surface area contributed by atoms with Crippen molar-refractivity contribution in [2.24, 2.45) is 0 Å². The zero-order valence-corrected chi connectivity index (χ0v) is 15.1. The largest absolute Gasteiger partial charge is 0.353 e. The Balaban J connectivity index is 1.80. The third-order valence-corrected chi connectivity index (χ3v) is 4.02. The van der Waals surface area contributed by atoms with Crippen molar-refractivity contribution in [2.45, 2.75) is 19.9 Å². The summed E-state index contributed by atoms with van der Waals surface area (Å²) in [6, 6.07) is 6.14. The van der Waals surface area contributed by atoms with Crippen LogP contribution in [0.4, 0.5) is 5.69 Å². The van der Waals surface area contributed by atoms with E-state index in [0.29, 0.717) is 32.7 Å². The van der Waals surface area contributed by atoms with Crippen molar-refractivity contribution in [1.82, 2.24) is 15.1 Å². The molecule has 26 heavy (non-hydrogen) atoms. The van der Waals surface area contributed by atoms with Crippen LogP contribution in [0.2, 0.25) is 0 Å². The maximum Gasteiger partial charge on any atom is 0.269 e. The van der Waals surface area contributed by atoms with E-state index >= 15 is 0 Å². The molecule has 8 nitrogen and oxygen atoms in total. The van der Waals surface area contributed by atoms with Gasteiger partial charge < -0.3 is 10.2 Å². The van der Waals surface area contributed by atoms with Crippen molar-refractivity contribution in [3.8, 4) is 0 Å². The van der Waals surface area contributed by atoms with E-state index in [9.17, 15) is 19.7 Å².